The Morgan fingerprint density at radius 2 is 1.22 bits per heavy atom. The van der Waals surface area contributed by atoms with Gasteiger partial charge in [-0.05, 0) is 78.8 Å². The monoisotopic (exact) mass is 355 g/mol. The highest BCUT2D eigenvalue weighted by Crippen LogP contribution is 2.59. The molecule has 0 N–H and O–H groups in total. The molecule has 0 spiro atoms. The van der Waals surface area contributed by atoms with E-state index in [0.717, 1.165) is 44.5 Å². The van der Waals surface area contributed by atoms with E-state index in [4.69, 9.17) is 0 Å². The van der Waals surface area contributed by atoms with Gasteiger partial charge >= 0.3 is 0 Å². The fourth-order valence-corrected chi connectivity index (χ4v) is 5.09. The van der Waals surface area contributed by atoms with E-state index in [0.29, 0.717) is 0 Å². The first kappa shape index (κ1) is 16.2. The van der Waals surface area contributed by atoms with Gasteiger partial charge in [0.1, 0.15) is 0 Å². The van der Waals surface area contributed by atoms with Crippen LogP contribution in [0.4, 0.5) is 0 Å². The Balaban J connectivity index is 2.03. The van der Waals surface area contributed by atoms with Crippen LogP contribution in [-0.4, -0.2) is 4.92 Å². The molecule has 0 atom stereocenters. The molecular weight excluding hydrogens is 334 g/mol. The van der Waals surface area contributed by atoms with Crippen molar-refractivity contribution >= 4 is 0 Å². The Bertz CT molecular complexity index is 1100. The Kier molecular flexibility index (Phi) is 3.05. The molecule has 0 aliphatic heterocycles. The van der Waals surface area contributed by atoms with Gasteiger partial charge in [-0.2, -0.15) is 0 Å². The topological polar surface area (TPSA) is 43.1 Å². The molecule has 3 aromatic carbocycles. The van der Waals surface area contributed by atoms with Gasteiger partial charge in [0.05, 0.1) is 0 Å². The van der Waals surface area contributed by atoms with Crippen molar-refractivity contribution in [3.8, 4) is 0 Å². The van der Waals surface area contributed by atoms with Gasteiger partial charge in [0, 0.05) is 27.5 Å². The van der Waals surface area contributed by atoms with Gasteiger partial charge in [0.2, 0.25) is 0 Å². The van der Waals surface area contributed by atoms with E-state index in [-0.39, 0.29) is 10.8 Å². The first-order chi connectivity index (χ1) is 12.9. The van der Waals surface area contributed by atoms with Crippen molar-refractivity contribution in [3.63, 3.8) is 0 Å². The van der Waals surface area contributed by atoms with Crippen LogP contribution in [0.25, 0.3) is 0 Å². The number of nitro groups is 1. The van der Waals surface area contributed by atoms with Gasteiger partial charge in [0.25, 0.3) is 5.54 Å². The normalized spacial score (nSPS) is 21.4. The molecule has 0 radical (unpaired) electrons. The number of hydrogen-bond acceptors (Lipinski definition) is 2. The number of benzene rings is 3. The second kappa shape index (κ2) is 5.07. The standard InChI is InChI=1S/C24H21NO2/c1-13-9-18-21(11-15(13)3)24(25(26)27)20-8-6-5-7-17(20)23(18)19-10-14(2)16(4)12-22(19)24/h5-12,23H,1-4H3. The van der Waals surface area contributed by atoms with E-state index in [2.05, 4.69) is 44.2 Å². The van der Waals surface area contributed by atoms with Gasteiger partial charge < -0.3 is 0 Å². The maximum Gasteiger partial charge on any atom is 0.298 e. The molecular formula is C24H21NO2. The van der Waals surface area contributed by atoms with Gasteiger partial charge in [0.15, 0.2) is 0 Å². The SMILES string of the molecule is Cc1cc2c(cc1C)C1([N+](=O)[O-])c3ccccc3C2c2cc(C)c(C)cc21. The predicted molar refractivity (Wildman–Crippen MR) is 106 cm³/mol. The summed E-state index contributed by atoms with van der Waals surface area (Å²) in [5.41, 5.74) is 9.00. The molecule has 3 nitrogen and oxygen atoms in total. The van der Waals surface area contributed by atoms with Gasteiger partial charge in [-0.3, -0.25) is 10.1 Å². The second-order valence-electron chi connectivity index (χ2n) is 8.04. The zero-order valence-corrected chi connectivity index (χ0v) is 16.0. The third kappa shape index (κ3) is 1.77. The first-order valence-corrected chi connectivity index (χ1v) is 9.34. The zero-order chi connectivity index (χ0) is 19.1. The fourth-order valence-electron chi connectivity index (χ4n) is 5.09. The zero-order valence-electron chi connectivity index (χ0n) is 16.0. The molecule has 134 valence electrons. The molecule has 0 heterocycles. The quantitative estimate of drug-likeness (QED) is 0.439. The van der Waals surface area contributed by atoms with E-state index >= 15 is 0 Å². The van der Waals surface area contributed by atoms with Crippen LogP contribution < -0.4 is 0 Å². The van der Waals surface area contributed by atoms with E-state index < -0.39 is 5.54 Å². The molecule has 3 aliphatic carbocycles. The second-order valence-corrected chi connectivity index (χ2v) is 8.04. The van der Waals surface area contributed by atoms with Crippen molar-refractivity contribution in [2.45, 2.75) is 39.2 Å². The van der Waals surface area contributed by atoms with Crippen LogP contribution in [0.1, 0.15) is 61.6 Å². The third-order valence-electron chi connectivity index (χ3n) is 6.67. The lowest BCUT2D eigenvalue weighted by Crippen LogP contribution is -2.48. The molecule has 27 heavy (non-hydrogen) atoms. The van der Waals surface area contributed by atoms with Gasteiger partial charge in [-0.25, -0.2) is 0 Å². The van der Waals surface area contributed by atoms with Crippen molar-refractivity contribution in [2.75, 3.05) is 0 Å². The summed E-state index contributed by atoms with van der Waals surface area (Å²) in [6.07, 6.45) is 0. The lowest BCUT2D eigenvalue weighted by Gasteiger charge is -2.45. The van der Waals surface area contributed by atoms with Gasteiger partial charge in [-0.1, -0.05) is 36.4 Å². The molecule has 0 saturated carbocycles. The summed E-state index contributed by atoms with van der Waals surface area (Å²) < 4.78 is 0. The molecule has 0 saturated heterocycles. The molecule has 3 heteroatoms. The molecule has 6 rings (SSSR count). The Labute approximate surface area is 158 Å². The van der Waals surface area contributed by atoms with Crippen LogP contribution in [0.15, 0.2) is 48.5 Å². The smallest absolute Gasteiger partial charge is 0.263 e. The third-order valence-corrected chi connectivity index (χ3v) is 6.67. The highest BCUT2D eigenvalue weighted by atomic mass is 16.6. The van der Waals surface area contributed by atoms with E-state index in [1.165, 1.54) is 11.1 Å². The van der Waals surface area contributed by atoms with Crippen LogP contribution in [0.3, 0.4) is 0 Å². The van der Waals surface area contributed by atoms with E-state index in [1.807, 2.05) is 32.0 Å². The Morgan fingerprint density at radius 1 is 0.741 bits per heavy atom. The van der Waals surface area contributed by atoms with Crippen LogP contribution in [0.5, 0.6) is 0 Å². The fraction of sp³-hybridized carbons (Fsp3) is 0.250. The van der Waals surface area contributed by atoms with Gasteiger partial charge in [-0.15, -0.1) is 0 Å². The summed E-state index contributed by atoms with van der Waals surface area (Å²) in [7, 11) is 0. The predicted octanol–water partition coefficient (Wildman–Crippen LogP) is 5.30. The van der Waals surface area contributed by atoms with Crippen LogP contribution in [0.2, 0.25) is 0 Å². The maximum atomic E-state index is 12.8. The summed E-state index contributed by atoms with van der Waals surface area (Å²) in [5.74, 6) is 0.0617. The van der Waals surface area contributed by atoms with Crippen molar-refractivity contribution in [2.24, 2.45) is 0 Å². The van der Waals surface area contributed by atoms with Crippen molar-refractivity contribution < 1.29 is 4.92 Å². The summed E-state index contributed by atoms with van der Waals surface area (Å²) >= 11 is 0. The van der Waals surface area contributed by atoms with Crippen LogP contribution in [-0.2, 0) is 5.54 Å². The number of hydrogen-bond donors (Lipinski definition) is 0. The Morgan fingerprint density at radius 3 is 1.74 bits per heavy atom. The maximum absolute atomic E-state index is 12.8. The minimum atomic E-state index is -1.33. The average molecular weight is 355 g/mol. The van der Waals surface area contributed by atoms with E-state index in [1.54, 1.807) is 0 Å². The van der Waals surface area contributed by atoms with Crippen molar-refractivity contribution in [1.29, 1.82) is 0 Å². The van der Waals surface area contributed by atoms with Crippen LogP contribution >= 0.6 is 0 Å². The average Bonchev–Trinajstić information content (AvgIpc) is 2.63. The first-order valence-electron chi connectivity index (χ1n) is 9.34. The molecule has 0 aromatic heterocycles. The number of rotatable bonds is 1. The molecule has 0 unspecified atom stereocenters. The summed E-state index contributed by atoms with van der Waals surface area (Å²) in [4.78, 5) is 12.8. The molecule has 3 aromatic rings. The molecule has 3 aliphatic rings. The molecule has 0 fully saturated rings. The number of aryl methyl sites for hydroxylation is 4. The Hall–Kier alpha value is -2.94. The van der Waals surface area contributed by atoms with Crippen molar-refractivity contribution in [1.82, 2.24) is 0 Å². The summed E-state index contributed by atoms with van der Waals surface area (Å²) in [6.45, 7) is 8.26. The largest absolute Gasteiger partial charge is 0.298 e. The van der Waals surface area contributed by atoms with Crippen molar-refractivity contribution in [3.05, 3.63) is 114 Å². The lowest BCUT2D eigenvalue weighted by atomic mass is 9.56. The number of nitrogens with zero attached hydrogens (tertiary/aromatic N) is 1. The van der Waals surface area contributed by atoms with Crippen LogP contribution in [0, 0.1) is 37.8 Å². The molecule has 0 amide bonds. The highest BCUT2D eigenvalue weighted by Gasteiger charge is 2.60. The molecule has 2 bridgehead atoms. The summed E-state index contributed by atoms with van der Waals surface area (Å²) in [6, 6.07) is 16.4. The lowest BCUT2D eigenvalue weighted by molar-refractivity contribution is -0.554. The van der Waals surface area contributed by atoms with E-state index in [9.17, 15) is 10.1 Å². The highest BCUT2D eigenvalue weighted by molar-refractivity contribution is 5.71. The summed E-state index contributed by atoms with van der Waals surface area (Å²) in [5, 5.41) is 12.8. The minimum absolute atomic E-state index is 0.0617. The minimum Gasteiger partial charge on any atom is -0.263 e.